The van der Waals surface area contributed by atoms with Crippen molar-refractivity contribution in [3.05, 3.63) is 133 Å². The van der Waals surface area contributed by atoms with E-state index in [2.05, 4.69) is 19.3 Å². The number of nitrogens with zero attached hydrogens (tertiary/aromatic N) is 5. The van der Waals surface area contributed by atoms with Crippen molar-refractivity contribution in [3.63, 3.8) is 0 Å². The number of ether oxygens (including phenoxy) is 1. The van der Waals surface area contributed by atoms with Crippen molar-refractivity contribution >= 4 is 22.4 Å². The zero-order valence-corrected chi connectivity index (χ0v) is 21.4. The molecule has 0 radical (unpaired) electrons. The van der Waals surface area contributed by atoms with Gasteiger partial charge in [-0.3, -0.25) is 0 Å². The molecular weight excluding hydrogens is 572 g/mol. The quantitative estimate of drug-likeness (QED) is 0.103. The predicted molar refractivity (Wildman–Crippen MR) is 140 cm³/mol. The Bertz CT molecular complexity index is 2110. The van der Waals surface area contributed by atoms with Gasteiger partial charge >= 0.3 is 6.36 Å². The number of halogens is 6. The number of hydrogen-bond donors (Lipinski definition) is 0. The SMILES string of the molecule is [C-]#[N+]C1=C(c2ccc3c(c2)/C(=C(\C#N)[N+]#[C-])c2cc(C)ccc2-3)/C(=C(/C#N)[N+]#[C-])c2c(F)c(OC(F)(F)F)c(F)c(F)c21. The summed E-state index contributed by atoms with van der Waals surface area (Å²) in [6.07, 6.45) is -5.64. The van der Waals surface area contributed by atoms with Crippen molar-refractivity contribution in [2.75, 3.05) is 0 Å². The molecular formula is C31H9F6N5O. The third kappa shape index (κ3) is 4.16. The van der Waals surface area contributed by atoms with Gasteiger partial charge in [0.25, 0.3) is 11.4 Å². The standard InChI is InChI=1S/C31H9F6N5O/c1-13-5-7-15-16-8-6-14(10-18(16)22(17(15)9-13)19(11-38)40-2)21-23(20(12-39)41-3)24-25(29(21)42-4)26(32)28(34)30(27(24)33)43-31(35,36)37/h5-10H,1H3/b22-19+,23-20+. The van der Waals surface area contributed by atoms with Crippen LogP contribution in [0.1, 0.15) is 33.4 Å². The number of benzene rings is 3. The van der Waals surface area contributed by atoms with Crippen LogP contribution < -0.4 is 4.74 Å². The normalized spacial score (nSPS) is 15.2. The van der Waals surface area contributed by atoms with Crippen molar-refractivity contribution in [2.24, 2.45) is 0 Å². The molecule has 0 amide bonds. The molecule has 3 aromatic carbocycles. The zero-order valence-electron chi connectivity index (χ0n) is 21.4. The number of nitriles is 2. The third-order valence-electron chi connectivity index (χ3n) is 6.80. The first kappa shape index (κ1) is 28.2. The lowest BCUT2D eigenvalue weighted by Gasteiger charge is -2.16. The minimum Gasteiger partial charge on any atom is -0.399 e. The first-order valence-corrected chi connectivity index (χ1v) is 11.8. The molecule has 0 heterocycles. The highest BCUT2D eigenvalue weighted by atomic mass is 19.4. The molecule has 0 fully saturated rings. The summed E-state index contributed by atoms with van der Waals surface area (Å²) in [7, 11) is 0. The van der Waals surface area contributed by atoms with Crippen LogP contribution in [0, 0.1) is 66.8 Å². The highest BCUT2D eigenvalue weighted by molar-refractivity contribution is 6.24. The Morgan fingerprint density at radius 2 is 1.35 bits per heavy atom. The van der Waals surface area contributed by atoms with E-state index in [0.717, 1.165) is 5.56 Å². The van der Waals surface area contributed by atoms with Crippen LogP contribution in [-0.2, 0) is 0 Å². The van der Waals surface area contributed by atoms with Gasteiger partial charge in [0.2, 0.25) is 17.3 Å². The lowest BCUT2D eigenvalue weighted by molar-refractivity contribution is -0.276. The topological polar surface area (TPSA) is 69.9 Å². The molecule has 5 rings (SSSR count). The van der Waals surface area contributed by atoms with E-state index in [9.17, 15) is 28.1 Å². The highest BCUT2D eigenvalue weighted by Gasteiger charge is 2.43. The Morgan fingerprint density at radius 1 is 0.767 bits per heavy atom. The Labute approximate surface area is 239 Å². The van der Waals surface area contributed by atoms with Gasteiger partial charge in [-0.1, -0.05) is 35.9 Å². The molecule has 206 valence electrons. The maximum Gasteiger partial charge on any atom is 0.573 e. The van der Waals surface area contributed by atoms with Crippen molar-refractivity contribution < 1.29 is 31.1 Å². The van der Waals surface area contributed by atoms with E-state index in [1.54, 1.807) is 25.1 Å². The summed E-state index contributed by atoms with van der Waals surface area (Å²) < 4.78 is 88.2. The maximum absolute atomic E-state index is 15.6. The summed E-state index contributed by atoms with van der Waals surface area (Å²) in [6.45, 7) is 24.5. The van der Waals surface area contributed by atoms with Gasteiger partial charge in [0.15, 0.2) is 11.6 Å². The Balaban J connectivity index is 1.89. The fraction of sp³-hybridized carbons (Fsp3) is 0.0645. The monoisotopic (exact) mass is 581 g/mol. The summed E-state index contributed by atoms with van der Waals surface area (Å²) in [5, 5.41) is 19.4. The predicted octanol–water partition coefficient (Wildman–Crippen LogP) is 8.45. The Kier molecular flexibility index (Phi) is 6.55. The number of rotatable bonds is 2. The third-order valence-corrected chi connectivity index (χ3v) is 6.80. The molecule has 0 aliphatic heterocycles. The van der Waals surface area contributed by atoms with Crippen LogP contribution in [0.3, 0.4) is 0 Å². The molecule has 3 aromatic rings. The van der Waals surface area contributed by atoms with E-state index in [1.165, 1.54) is 24.3 Å². The highest BCUT2D eigenvalue weighted by Crippen LogP contribution is 2.55. The molecule has 0 N–H and O–H groups in total. The smallest absolute Gasteiger partial charge is 0.399 e. The molecule has 2 aliphatic rings. The second-order valence-electron chi connectivity index (χ2n) is 9.11. The van der Waals surface area contributed by atoms with Gasteiger partial charge in [-0.25, -0.2) is 33.8 Å². The van der Waals surface area contributed by atoms with Gasteiger partial charge in [-0.05, 0) is 52.0 Å². The second-order valence-corrected chi connectivity index (χ2v) is 9.11. The van der Waals surface area contributed by atoms with E-state index in [1.807, 2.05) is 6.07 Å². The summed E-state index contributed by atoms with van der Waals surface area (Å²) in [6, 6.07) is 12.9. The number of allylic oxidation sites excluding steroid dienone is 4. The van der Waals surface area contributed by atoms with E-state index >= 15 is 8.78 Å². The summed E-state index contributed by atoms with van der Waals surface area (Å²) in [5.41, 5.74) is -2.38. The molecule has 0 saturated heterocycles. The molecule has 43 heavy (non-hydrogen) atoms. The van der Waals surface area contributed by atoms with Gasteiger partial charge in [-0.15, -0.1) is 13.2 Å². The Morgan fingerprint density at radius 3 is 1.91 bits per heavy atom. The molecule has 0 atom stereocenters. The molecule has 6 nitrogen and oxygen atoms in total. The van der Waals surface area contributed by atoms with Gasteiger partial charge in [0.05, 0.1) is 31.9 Å². The average molecular weight is 581 g/mol. The van der Waals surface area contributed by atoms with E-state index < -0.39 is 63.2 Å². The number of alkyl halides is 3. The van der Waals surface area contributed by atoms with Crippen molar-refractivity contribution in [1.82, 2.24) is 0 Å². The maximum atomic E-state index is 15.6. The molecule has 0 spiro atoms. The lowest BCUT2D eigenvalue weighted by atomic mass is 9.91. The molecule has 0 saturated carbocycles. The first-order chi connectivity index (χ1) is 20.4. The van der Waals surface area contributed by atoms with Gasteiger partial charge in [0.1, 0.15) is 0 Å². The minimum atomic E-state index is -5.64. The second kappa shape index (κ2) is 9.96. The van der Waals surface area contributed by atoms with Crippen LogP contribution in [0.2, 0.25) is 0 Å². The number of hydrogen-bond acceptors (Lipinski definition) is 3. The fourth-order valence-corrected chi connectivity index (χ4v) is 5.21. The van der Waals surface area contributed by atoms with Crippen molar-refractivity contribution in [3.8, 4) is 29.0 Å². The Hall–Kier alpha value is -6.29. The summed E-state index contributed by atoms with van der Waals surface area (Å²) in [4.78, 5) is 9.52. The van der Waals surface area contributed by atoms with Crippen LogP contribution in [0.25, 0.3) is 48.1 Å². The molecule has 2 aliphatic carbocycles. The van der Waals surface area contributed by atoms with Gasteiger partial charge < -0.3 is 4.74 Å². The zero-order chi connectivity index (χ0) is 31.4. The van der Waals surface area contributed by atoms with E-state index in [0.29, 0.717) is 22.3 Å². The van der Waals surface area contributed by atoms with Gasteiger partial charge in [0, 0.05) is 16.7 Å². The van der Waals surface area contributed by atoms with Crippen molar-refractivity contribution in [2.45, 2.75) is 13.3 Å². The minimum absolute atomic E-state index is 0.0471. The van der Waals surface area contributed by atoms with Crippen LogP contribution in [0.5, 0.6) is 5.75 Å². The lowest BCUT2D eigenvalue weighted by Crippen LogP contribution is -2.20. The fourth-order valence-electron chi connectivity index (χ4n) is 5.21. The van der Waals surface area contributed by atoms with Crippen molar-refractivity contribution in [1.29, 1.82) is 10.5 Å². The van der Waals surface area contributed by atoms with Gasteiger partial charge in [-0.2, -0.15) is 4.39 Å². The van der Waals surface area contributed by atoms with Crippen LogP contribution in [0.15, 0.2) is 47.8 Å². The largest absolute Gasteiger partial charge is 0.573 e. The van der Waals surface area contributed by atoms with Crippen LogP contribution >= 0.6 is 0 Å². The van der Waals surface area contributed by atoms with E-state index in [-0.39, 0.29) is 16.8 Å². The van der Waals surface area contributed by atoms with E-state index in [4.69, 9.17) is 19.7 Å². The summed E-state index contributed by atoms with van der Waals surface area (Å²) >= 11 is 0. The molecule has 12 heteroatoms. The van der Waals surface area contributed by atoms with Crippen LogP contribution in [-0.4, -0.2) is 6.36 Å². The number of fused-ring (bicyclic) bond motifs is 4. The summed E-state index contributed by atoms with van der Waals surface area (Å²) in [5.74, 6) is -8.65. The molecule has 0 aromatic heterocycles. The first-order valence-electron chi connectivity index (χ1n) is 11.8. The van der Waals surface area contributed by atoms with Crippen LogP contribution in [0.4, 0.5) is 26.3 Å². The molecule has 0 unspecified atom stereocenters. The molecule has 0 bridgehead atoms. The number of aryl methyl sites for hydroxylation is 1. The average Bonchev–Trinajstić information content (AvgIpc) is 3.48.